The first kappa shape index (κ1) is 15.0. The van der Waals surface area contributed by atoms with E-state index in [1.54, 1.807) is 0 Å². The van der Waals surface area contributed by atoms with Crippen LogP contribution in [0.4, 0.5) is 0 Å². The monoisotopic (exact) mass is 318 g/mol. The van der Waals surface area contributed by atoms with Crippen LogP contribution in [-0.2, 0) is 11.3 Å². The van der Waals surface area contributed by atoms with Gasteiger partial charge in [-0.3, -0.25) is 0 Å². The van der Waals surface area contributed by atoms with Gasteiger partial charge in [0, 0.05) is 16.1 Å². The number of unbranched alkanes of at least 4 members (excludes halogenated alkanes) is 4. The Bertz CT molecular complexity index is 328. The van der Waals surface area contributed by atoms with Crippen LogP contribution in [0.1, 0.15) is 44.6 Å². The smallest absolute Gasteiger partial charge is 0.0731 e. The average molecular weight is 320 g/mol. The van der Waals surface area contributed by atoms with Crippen molar-refractivity contribution in [2.45, 2.75) is 45.6 Å². The summed E-state index contributed by atoms with van der Waals surface area (Å²) in [7, 11) is 0. The highest BCUT2D eigenvalue weighted by Crippen LogP contribution is 2.21. The van der Waals surface area contributed by atoms with Gasteiger partial charge >= 0.3 is 0 Å². The van der Waals surface area contributed by atoms with E-state index in [9.17, 15) is 0 Å². The average Bonchev–Trinajstić information content (AvgIpc) is 2.30. The van der Waals surface area contributed by atoms with Crippen molar-refractivity contribution in [1.29, 1.82) is 0 Å². The molecule has 0 atom stereocenters. The van der Waals surface area contributed by atoms with E-state index >= 15 is 0 Å². The molecule has 96 valence electrons. The maximum atomic E-state index is 6.10. The van der Waals surface area contributed by atoms with Gasteiger partial charge in [0.2, 0.25) is 0 Å². The first-order chi connectivity index (χ1) is 8.24. The second-order valence-corrected chi connectivity index (χ2v) is 5.53. The van der Waals surface area contributed by atoms with Crippen LogP contribution in [0, 0.1) is 0 Å². The van der Waals surface area contributed by atoms with Crippen molar-refractivity contribution < 1.29 is 4.74 Å². The predicted molar refractivity (Wildman–Crippen MR) is 77.6 cm³/mol. The van der Waals surface area contributed by atoms with Gasteiger partial charge < -0.3 is 4.74 Å². The first-order valence-corrected chi connectivity index (χ1v) is 7.42. The molecule has 3 heteroatoms. The Morgan fingerprint density at radius 1 is 1.18 bits per heavy atom. The third-order valence-corrected chi connectivity index (χ3v) is 3.51. The van der Waals surface area contributed by atoms with E-state index < -0.39 is 0 Å². The van der Waals surface area contributed by atoms with Gasteiger partial charge in [0.15, 0.2) is 0 Å². The molecule has 0 spiro atoms. The van der Waals surface area contributed by atoms with Gasteiger partial charge in [0.1, 0.15) is 0 Å². The number of halogens is 2. The summed E-state index contributed by atoms with van der Waals surface area (Å²) in [6.07, 6.45) is 6.35. The highest BCUT2D eigenvalue weighted by molar-refractivity contribution is 9.10. The largest absolute Gasteiger partial charge is 0.377 e. The van der Waals surface area contributed by atoms with E-state index in [1.165, 1.54) is 25.7 Å². The zero-order chi connectivity index (χ0) is 12.5. The molecule has 0 saturated heterocycles. The lowest BCUT2D eigenvalue weighted by atomic mass is 10.2. The lowest BCUT2D eigenvalue weighted by Crippen LogP contribution is -1.96. The van der Waals surface area contributed by atoms with Crippen LogP contribution in [-0.4, -0.2) is 6.61 Å². The van der Waals surface area contributed by atoms with Crippen molar-refractivity contribution in [1.82, 2.24) is 0 Å². The van der Waals surface area contributed by atoms with Crippen molar-refractivity contribution in [3.05, 3.63) is 33.3 Å². The Morgan fingerprint density at radius 2 is 1.94 bits per heavy atom. The molecule has 0 aliphatic heterocycles. The summed E-state index contributed by atoms with van der Waals surface area (Å²) in [6.45, 7) is 3.67. The highest BCUT2D eigenvalue weighted by Gasteiger charge is 2.00. The Morgan fingerprint density at radius 3 is 2.65 bits per heavy atom. The standard InChI is InChI=1S/C14H20BrClO/c1-2-3-4-5-6-9-17-11-12-7-8-13(15)10-14(12)16/h7-8,10H,2-6,9,11H2,1H3. The van der Waals surface area contributed by atoms with Crippen LogP contribution < -0.4 is 0 Å². The van der Waals surface area contributed by atoms with Gasteiger partial charge in [0.25, 0.3) is 0 Å². The van der Waals surface area contributed by atoms with Crippen LogP contribution in [0.2, 0.25) is 5.02 Å². The summed E-state index contributed by atoms with van der Waals surface area (Å²) < 4.78 is 6.63. The number of hydrogen-bond acceptors (Lipinski definition) is 1. The Kier molecular flexibility index (Phi) is 7.91. The summed E-state index contributed by atoms with van der Waals surface area (Å²) in [5.41, 5.74) is 1.06. The fourth-order valence-corrected chi connectivity index (χ4v) is 2.36. The van der Waals surface area contributed by atoms with E-state index in [0.29, 0.717) is 6.61 Å². The minimum atomic E-state index is 0.611. The Hall–Kier alpha value is -0.0500. The Balaban J connectivity index is 2.14. The number of ether oxygens (including phenoxy) is 1. The molecule has 0 aromatic heterocycles. The molecule has 0 aliphatic carbocycles. The zero-order valence-corrected chi connectivity index (χ0v) is 12.7. The molecule has 17 heavy (non-hydrogen) atoms. The molecule has 0 aliphatic rings. The van der Waals surface area contributed by atoms with Crippen molar-refractivity contribution in [2.75, 3.05) is 6.61 Å². The van der Waals surface area contributed by atoms with E-state index in [1.807, 2.05) is 18.2 Å². The van der Waals surface area contributed by atoms with Crippen molar-refractivity contribution >= 4 is 27.5 Å². The minimum absolute atomic E-state index is 0.611. The van der Waals surface area contributed by atoms with Crippen molar-refractivity contribution in [3.63, 3.8) is 0 Å². The van der Waals surface area contributed by atoms with Gasteiger partial charge in [-0.05, 0) is 24.1 Å². The zero-order valence-electron chi connectivity index (χ0n) is 10.3. The van der Waals surface area contributed by atoms with Crippen LogP contribution in [0.3, 0.4) is 0 Å². The molecule has 0 fully saturated rings. The van der Waals surface area contributed by atoms with Crippen LogP contribution in [0.25, 0.3) is 0 Å². The first-order valence-electron chi connectivity index (χ1n) is 6.25. The third-order valence-electron chi connectivity index (χ3n) is 2.66. The summed E-state index contributed by atoms with van der Waals surface area (Å²) in [5, 5.41) is 0.769. The van der Waals surface area contributed by atoms with E-state index in [4.69, 9.17) is 16.3 Å². The van der Waals surface area contributed by atoms with Crippen molar-refractivity contribution in [3.8, 4) is 0 Å². The molecule has 1 rings (SSSR count). The van der Waals surface area contributed by atoms with Gasteiger partial charge in [-0.15, -0.1) is 0 Å². The quantitative estimate of drug-likeness (QED) is 0.568. The normalized spacial score (nSPS) is 10.8. The lowest BCUT2D eigenvalue weighted by molar-refractivity contribution is 0.117. The Labute approximate surface area is 118 Å². The maximum Gasteiger partial charge on any atom is 0.0731 e. The van der Waals surface area contributed by atoms with Gasteiger partial charge in [-0.25, -0.2) is 0 Å². The molecular weight excluding hydrogens is 300 g/mol. The molecule has 1 aromatic carbocycles. The summed E-state index contributed by atoms with van der Waals surface area (Å²) >= 11 is 9.49. The van der Waals surface area contributed by atoms with Gasteiger partial charge in [-0.1, -0.05) is 66.2 Å². The summed E-state index contributed by atoms with van der Waals surface area (Å²) in [6, 6.07) is 5.90. The molecule has 0 bridgehead atoms. The molecule has 1 nitrogen and oxygen atoms in total. The van der Waals surface area contributed by atoms with E-state index in [2.05, 4.69) is 22.9 Å². The second kappa shape index (κ2) is 8.96. The molecule has 0 radical (unpaired) electrons. The molecule has 0 N–H and O–H groups in total. The number of benzene rings is 1. The third kappa shape index (κ3) is 6.44. The predicted octanol–water partition coefficient (Wildman–Crippen LogP) is 5.59. The lowest BCUT2D eigenvalue weighted by Gasteiger charge is -2.06. The maximum absolute atomic E-state index is 6.10. The molecule has 0 amide bonds. The fourth-order valence-electron chi connectivity index (χ4n) is 1.63. The SMILES string of the molecule is CCCCCCCOCc1ccc(Br)cc1Cl. The van der Waals surface area contributed by atoms with Crippen LogP contribution >= 0.6 is 27.5 Å². The van der Waals surface area contributed by atoms with Crippen molar-refractivity contribution in [2.24, 2.45) is 0 Å². The fraction of sp³-hybridized carbons (Fsp3) is 0.571. The molecule has 0 saturated carbocycles. The number of rotatable bonds is 8. The second-order valence-electron chi connectivity index (χ2n) is 4.20. The van der Waals surface area contributed by atoms with Crippen LogP contribution in [0.5, 0.6) is 0 Å². The van der Waals surface area contributed by atoms with Crippen LogP contribution in [0.15, 0.2) is 22.7 Å². The van der Waals surface area contributed by atoms with E-state index in [0.717, 1.165) is 28.1 Å². The highest BCUT2D eigenvalue weighted by atomic mass is 79.9. The minimum Gasteiger partial charge on any atom is -0.377 e. The van der Waals surface area contributed by atoms with Gasteiger partial charge in [0.05, 0.1) is 6.61 Å². The summed E-state index contributed by atoms with van der Waals surface area (Å²) in [5.74, 6) is 0. The number of hydrogen-bond donors (Lipinski definition) is 0. The topological polar surface area (TPSA) is 9.23 Å². The summed E-state index contributed by atoms with van der Waals surface area (Å²) in [4.78, 5) is 0. The molecule has 1 aromatic rings. The molecule has 0 unspecified atom stereocenters. The van der Waals surface area contributed by atoms with Gasteiger partial charge in [-0.2, -0.15) is 0 Å². The molecular formula is C14H20BrClO. The van der Waals surface area contributed by atoms with E-state index in [-0.39, 0.29) is 0 Å². The molecule has 0 heterocycles.